The van der Waals surface area contributed by atoms with Crippen molar-refractivity contribution < 1.29 is 13.9 Å². The van der Waals surface area contributed by atoms with Gasteiger partial charge in [-0.2, -0.15) is 0 Å². The van der Waals surface area contributed by atoms with Crippen molar-refractivity contribution in [2.75, 3.05) is 37.5 Å². The van der Waals surface area contributed by atoms with E-state index in [-0.39, 0.29) is 23.2 Å². The van der Waals surface area contributed by atoms with Crippen LogP contribution in [0.5, 0.6) is 5.75 Å². The number of ether oxygens (including phenoxy) is 1. The number of piperidine rings is 1. The van der Waals surface area contributed by atoms with Crippen LogP contribution in [-0.4, -0.2) is 54.1 Å². The zero-order valence-electron chi connectivity index (χ0n) is 20.5. The van der Waals surface area contributed by atoms with E-state index in [1.165, 1.54) is 6.07 Å². The number of nitrogens with one attached hydrogen (secondary N) is 1. The number of nitrogens with zero attached hydrogens (tertiary/aromatic N) is 4. The van der Waals surface area contributed by atoms with Crippen LogP contribution in [0.1, 0.15) is 32.3 Å². The van der Waals surface area contributed by atoms with Crippen molar-refractivity contribution in [2.24, 2.45) is 0 Å². The van der Waals surface area contributed by atoms with Gasteiger partial charge in [0.05, 0.1) is 18.3 Å². The maximum atomic E-state index is 14.7. The number of likely N-dealkylation sites (N-methyl/N-ethyl adjacent to an activating group) is 1. The van der Waals surface area contributed by atoms with E-state index in [1.54, 1.807) is 12.3 Å². The molecule has 1 saturated heterocycles. The number of hydrogen-bond acceptors (Lipinski definition) is 6. The Morgan fingerprint density at radius 3 is 2.69 bits per heavy atom. The number of anilines is 3. The molecule has 182 valence electrons. The van der Waals surface area contributed by atoms with E-state index >= 15 is 0 Å². The van der Waals surface area contributed by atoms with E-state index in [1.807, 2.05) is 68.1 Å². The lowest BCUT2D eigenvalue weighted by Crippen LogP contribution is -2.50. The summed E-state index contributed by atoms with van der Waals surface area (Å²) in [6, 6.07) is 12.8. The van der Waals surface area contributed by atoms with Gasteiger partial charge in [-0.15, -0.1) is 0 Å². The molecule has 8 heteroatoms. The molecular formula is C27H30FN5O2. The summed E-state index contributed by atoms with van der Waals surface area (Å²) in [5, 5.41) is 3.21. The first-order valence-electron chi connectivity index (χ1n) is 11.9. The number of carbonyl (C=O) groups is 1. The van der Waals surface area contributed by atoms with E-state index in [9.17, 15) is 9.18 Å². The van der Waals surface area contributed by atoms with Gasteiger partial charge in [0.25, 0.3) is 0 Å². The summed E-state index contributed by atoms with van der Waals surface area (Å²) in [6.45, 7) is 5.25. The number of halogens is 1. The van der Waals surface area contributed by atoms with Crippen molar-refractivity contribution in [1.82, 2.24) is 14.9 Å². The summed E-state index contributed by atoms with van der Waals surface area (Å²) in [5.74, 6) is 0.493. The molecule has 0 saturated carbocycles. The molecule has 1 atom stereocenters. The highest BCUT2D eigenvalue weighted by molar-refractivity contribution is 5.98. The second kappa shape index (κ2) is 8.92. The van der Waals surface area contributed by atoms with Crippen LogP contribution in [-0.2, 0) is 10.2 Å². The van der Waals surface area contributed by atoms with Crippen molar-refractivity contribution in [3.63, 3.8) is 0 Å². The van der Waals surface area contributed by atoms with Gasteiger partial charge in [0, 0.05) is 40.7 Å². The number of amides is 1. The highest BCUT2D eigenvalue weighted by Crippen LogP contribution is 2.42. The number of benzene rings is 2. The van der Waals surface area contributed by atoms with Gasteiger partial charge in [0.2, 0.25) is 11.9 Å². The molecule has 2 aliphatic heterocycles. The highest BCUT2D eigenvalue weighted by atomic mass is 19.1. The van der Waals surface area contributed by atoms with E-state index in [4.69, 9.17) is 4.74 Å². The molecule has 2 aliphatic rings. The third kappa shape index (κ3) is 4.46. The van der Waals surface area contributed by atoms with Crippen molar-refractivity contribution in [3.8, 4) is 17.0 Å². The molecular weight excluding hydrogens is 445 g/mol. The summed E-state index contributed by atoms with van der Waals surface area (Å²) < 4.78 is 20.3. The third-order valence-electron chi connectivity index (χ3n) is 6.77. The summed E-state index contributed by atoms with van der Waals surface area (Å²) in [6.07, 6.45) is 3.51. The molecule has 35 heavy (non-hydrogen) atoms. The monoisotopic (exact) mass is 475 g/mol. The van der Waals surface area contributed by atoms with Crippen molar-refractivity contribution in [2.45, 2.75) is 38.1 Å². The number of rotatable bonds is 5. The van der Waals surface area contributed by atoms with Crippen LogP contribution >= 0.6 is 0 Å². The molecule has 1 amide bonds. The molecule has 3 aromatic rings. The fourth-order valence-corrected chi connectivity index (χ4v) is 4.75. The first kappa shape index (κ1) is 23.2. The molecule has 1 aromatic heterocycles. The Morgan fingerprint density at radius 1 is 1.17 bits per heavy atom. The van der Waals surface area contributed by atoms with Crippen LogP contribution < -0.4 is 15.0 Å². The fraction of sp³-hybridized carbons (Fsp3) is 0.370. The molecule has 2 aromatic carbocycles. The topological polar surface area (TPSA) is 70.6 Å². The lowest BCUT2D eigenvalue weighted by Gasteiger charge is -2.35. The minimum atomic E-state index is -0.379. The zero-order valence-corrected chi connectivity index (χ0v) is 20.5. The van der Waals surface area contributed by atoms with Gasteiger partial charge in [-0.1, -0.05) is 13.8 Å². The lowest BCUT2D eigenvalue weighted by atomic mass is 9.86. The summed E-state index contributed by atoms with van der Waals surface area (Å²) in [4.78, 5) is 25.6. The SMILES string of the molecule is CN(C)C1CCCN(c2ccc(Nc3nccc(-c4cc(F)c5c(c4)C(C)(C)CO5)n3)cc2)C1=O. The van der Waals surface area contributed by atoms with Crippen LogP contribution in [0.25, 0.3) is 11.3 Å². The minimum absolute atomic E-state index is 0.0844. The highest BCUT2D eigenvalue weighted by Gasteiger charge is 2.34. The Hall–Kier alpha value is -3.52. The first-order valence-corrected chi connectivity index (χ1v) is 11.9. The molecule has 1 fully saturated rings. The number of fused-ring (bicyclic) bond motifs is 1. The predicted octanol–water partition coefficient (Wildman–Crippen LogP) is 4.75. The Labute approximate surface area is 204 Å². The standard InChI is InChI=1S/C27H30FN5O2/c1-27(2)16-35-24-20(27)14-17(15-21(24)28)22-11-12-29-26(31-22)30-18-7-9-19(10-8-18)33-13-5-6-23(25(33)34)32(3)4/h7-12,14-15,23H,5-6,13,16H2,1-4H3,(H,29,30,31). The molecule has 0 bridgehead atoms. The quantitative estimate of drug-likeness (QED) is 0.574. The third-order valence-corrected chi connectivity index (χ3v) is 6.77. The van der Waals surface area contributed by atoms with E-state index < -0.39 is 0 Å². The Kier molecular flexibility index (Phi) is 5.92. The minimum Gasteiger partial charge on any atom is -0.489 e. The van der Waals surface area contributed by atoms with Crippen LogP contribution in [0, 0.1) is 5.82 Å². The summed E-state index contributed by atoms with van der Waals surface area (Å²) >= 11 is 0. The van der Waals surface area contributed by atoms with Gasteiger partial charge in [-0.05, 0) is 69.4 Å². The molecule has 0 radical (unpaired) electrons. The maximum absolute atomic E-state index is 14.7. The predicted molar refractivity (Wildman–Crippen MR) is 135 cm³/mol. The van der Waals surface area contributed by atoms with Gasteiger partial charge >= 0.3 is 0 Å². The summed E-state index contributed by atoms with van der Waals surface area (Å²) in [7, 11) is 3.89. The Balaban J connectivity index is 1.35. The summed E-state index contributed by atoms with van der Waals surface area (Å²) in [5.41, 5.74) is 3.57. The van der Waals surface area contributed by atoms with E-state index in [2.05, 4.69) is 15.3 Å². The lowest BCUT2D eigenvalue weighted by molar-refractivity contribution is -0.124. The molecule has 0 aliphatic carbocycles. The average molecular weight is 476 g/mol. The zero-order chi connectivity index (χ0) is 24.7. The smallest absolute Gasteiger partial charge is 0.244 e. The van der Waals surface area contributed by atoms with Gasteiger partial charge < -0.3 is 15.0 Å². The van der Waals surface area contributed by atoms with Gasteiger partial charge in [-0.3, -0.25) is 9.69 Å². The molecule has 1 N–H and O–H groups in total. The normalized spacial score (nSPS) is 19.0. The van der Waals surface area contributed by atoms with Crippen molar-refractivity contribution in [3.05, 3.63) is 60.0 Å². The molecule has 1 unspecified atom stereocenters. The molecule has 0 spiro atoms. The van der Waals surface area contributed by atoms with Crippen LogP contribution in [0.4, 0.5) is 21.7 Å². The fourth-order valence-electron chi connectivity index (χ4n) is 4.75. The van der Waals surface area contributed by atoms with Gasteiger partial charge in [0.1, 0.15) is 0 Å². The van der Waals surface area contributed by atoms with Gasteiger partial charge in [0.15, 0.2) is 11.6 Å². The number of aromatic nitrogens is 2. The van der Waals surface area contributed by atoms with E-state index in [0.29, 0.717) is 29.6 Å². The van der Waals surface area contributed by atoms with E-state index in [0.717, 1.165) is 36.3 Å². The number of hydrogen-bond donors (Lipinski definition) is 1. The maximum Gasteiger partial charge on any atom is 0.244 e. The Morgan fingerprint density at radius 2 is 1.94 bits per heavy atom. The second-order valence-corrected chi connectivity index (χ2v) is 10.1. The number of carbonyl (C=O) groups excluding carboxylic acids is 1. The van der Waals surface area contributed by atoms with Crippen LogP contribution in [0.15, 0.2) is 48.7 Å². The van der Waals surface area contributed by atoms with Crippen molar-refractivity contribution in [1.29, 1.82) is 0 Å². The molecule has 3 heterocycles. The van der Waals surface area contributed by atoms with Gasteiger partial charge in [-0.25, -0.2) is 14.4 Å². The molecule has 5 rings (SSSR count). The Bertz CT molecular complexity index is 1260. The first-order chi connectivity index (χ1) is 16.7. The average Bonchev–Trinajstić information content (AvgIpc) is 3.15. The largest absolute Gasteiger partial charge is 0.489 e. The molecule has 7 nitrogen and oxygen atoms in total. The van der Waals surface area contributed by atoms with Crippen molar-refractivity contribution >= 4 is 23.2 Å². The van der Waals surface area contributed by atoms with Crippen LogP contribution in [0.3, 0.4) is 0 Å². The van der Waals surface area contributed by atoms with Crippen LogP contribution in [0.2, 0.25) is 0 Å². The second-order valence-electron chi connectivity index (χ2n) is 10.1.